The molecule has 1 saturated heterocycles. The lowest BCUT2D eigenvalue weighted by Gasteiger charge is -2.31. The quantitative estimate of drug-likeness (QED) is 0.818. The normalized spacial score (nSPS) is 16.5. The van der Waals surface area contributed by atoms with Crippen molar-refractivity contribution in [2.24, 2.45) is 0 Å². The highest BCUT2D eigenvalue weighted by molar-refractivity contribution is 6.31. The molecule has 0 radical (unpaired) electrons. The highest BCUT2D eigenvalue weighted by atomic mass is 35.5. The molecule has 1 aromatic heterocycles. The minimum Gasteiger partial charge on any atom is -0.347 e. The minimum absolute atomic E-state index is 0.0654. The van der Waals surface area contributed by atoms with Gasteiger partial charge in [-0.15, -0.1) is 0 Å². The molecule has 1 amide bonds. The van der Waals surface area contributed by atoms with Gasteiger partial charge in [0.15, 0.2) is 6.04 Å². The zero-order valence-corrected chi connectivity index (χ0v) is 15.2. The van der Waals surface area contributed by atoms with Crippen molar-refractivity contribution < 1.29 is 14.7 Å². The summed E-state index contributed by atoms with van der Waals surface area (Å²) in [6.07, 6.45) is 1.94. The average molecular weight is 361 g/mol. The van der Waals surface area contributed by atoms with Crippen LogP contribution in [0.1, 0.15) is 12.5 Å². The molecule has 1 aliphatic rings. The van der Waals surface area contributed by atoms with Gasteiger partial charge in [-0.3, -0.25) is 9.69 Å². The molecule has 0 saturated carbocycles. The van der Waals surface area contributed by atoms with Crippen molar-refractivity contribution >= 4 is 23.3 Å². The molecule has 0 aliphatic carbocycles. The van der Waals surface area contributed by atoms with Gasteiger partial charge in [0.05, 0.1) is 6.20 Å². The third-order valence-electron chi connectivity index (χ3n) is 4.86. The summed E-state index contributed by atoms with van der Waals surface area (Å²) in [7, 11) is 0. The number of nitrogens with one attached hydrogen (secondary N) is 3. The number of benzene rings is 1. The molecule has 2 heterocycles. The first-order valence-corrected chi connectivity index (χ1v) is 9.10. The fourth-order valence-corrected chi connectivity index (χ4v) is 3.41. The summed E-state index contributed by atoms with van der Waals surface area (Å²) in [6.45, 7) is 6.26. The number of rotatable bonds is 5. The number of aromatic nitrogens is 1. The van der Waals surface area contributed by atoms with E-state index in [4.69, 9.17) is 11.6 Å². The summed E-state index contributed by atoms with van der Waals surface area (Å²) >= 11 is 6.15. The van der Waals surface area contributed by atoms with Crippen LogP contribution in [-0.2, 0) is 11.3 Å². The molecule has 0 bridgehead atoms. The number of amides is 1. The molecule has 3 N–H and O–H groups in total. The van der Waals surface area contributed by atoms with E-state index < -0.39 is 0 Å². The summed E-state index contributed by atoms with van der Waals surface area (Å²) in [4.78, 5) is 19.4. The number of hydrogen-bond acceptors (Lipinski definition) is 2. The van der Waals surface area contributed by atoms with E-state index in [9.17, 15) is 4.79 Å². The van der Waals surface area contributed by atoms with Crippen LogP contribution in [0.4, 0.5) is 5.82 Å². The molecule has 1 aliphatic heterocycles. The molecule has 0 unspecified atom stereocenters. The number of nitrogens with zero attached hydrogens (tertiary/aromatic N) is 1. The summed E-state index contributed by atoms with van der Waals surface area (Å²) in [5, 5.41) is 3.71. The van der Waals surface area contributed by atoms with Crippen LogP contribution in [0, 0.1) is 0 Å². The zero-order valence-electron chi connectivity index (χ0n) is 14.5. The van der Waals surface area contributed by atoms with Crippen LogP contribution in [0.25, 0.3) is 0 Å². The van der Waals surface area contributed by atoms with Crippen LogP contribution in [0.5, 0.6) is 0 Å². The number of carbonyl (C=O) groups is 1. The smallest absolute Gasteiger partial charge is 0.278 e. The van der Waals surface area contributed by atoms with E-state index in [1.54, 1.807) is 0 Å². The largest absolute Gasteiger partial charge is 0.347 e. The average Bonchev–Trinajstić information content (AvgIpc) is 2.67. The summed E-state index contributed by atoms with van der Waals surface area (Å²) in [6, 6.07) is 13.7. The van der Waals surface area contributed by atoms with Crippen LogP contribution in [0.3, 0.4) is 0 Å². The Balaban J connectivity index is 1.49. The van der Waals surface area contributed by atoms with Gasteiger partial charge in [0.25, 0.3) is 11.7 Å². The lowest BCUT2D eigenvalue weighted by Crippen LogP contribution is -3.19. The Morgan fingerprint density at radius 2 is 1.96 bits per heavy atom. The van der Waals surface area contributed by atoms with Gasteiger partial charge in [-0.25, -0.2) is 4.98 Å². The molecular weight excluding hydrogens is 336 g/mol. The maximum atomic E-state index is 12.5. The highest BCUT2D eigenvalue weighted by Crippen LogP contribution is 2.14. The van der Waals surface area contributed by atoms with E-state index >= 15 is 0 Å². The topological polar surface area (TPSA) is 50.9 Å². The molecule has 1 fully saturated rings. The predicted octanol–water partition coefficient (Wildman–Crippen LogP) is 0.564. The van der Waals surface area contributed by atoms with Crippen molar-refractivity contribution in [3.05, 3.63) is 59.2 Å². The second-order valence-corrected chi connectivity index (χ2v) is 6.83. The predicted molar refractivity (Wildman–Crippen MR) is 98.7 cm³/mol. The number of quaternary nitrogens is 1. The molecule has 0 spiro atoms. The van der Waals surface area contributed by atoms with E-state index in [0.717, 1.165) is 37.6 Å². The number of piperazine rings is 1. The van der Waals surface area contributed by atoms with Crippen molar-refractivity contribution in [3.8, 4) is 0 Å². The third kappa shape index (κ3) is 4.50. The van der Waals surface area contributed by atoms with E-state index in [1.807, 2.05) is 49.5 Å². The van der Waals surface area contributed by atoms with Crippen molar-refractivity contribution in [1.29, 1.82) is 0 Å². The molecule has 3 rings (SSSR count). The Morgan fingerprint density at radius 3 is 2.64 bits per heavy atom. The standard InChI is InChI=1S/C19H23ClN4O/c1-15(19(25)22-14-16-6-2-3-7-17(16)20)23-10-12-24(13-11-23)18-8-4-5-9-21-18/h2-9,15H,10-14H2,1H3,(H,22,25)/p+2/t15-/m1/s1. The third-order valence-corrected chi connectivity index (χ3v) is 5.22. The molecule has 1 aromatic carbocycles. The van der Waals surface area contributed by atoms with Crippen LogP contribution in [-0.4, -0.2) is 38.1 Å². The Hall–Kier alpha value is -2.11. The zero-order chi connectivity index (χ0) is 17.6. The van der Waals surface area contributed by atoms with Crippen LogP contribution >= 0.6 is 11.6 Å². The van der Waals surface area contributed by atoms with Crippen molar-refractivity contribution in [3.63, 3.8) is 0 Å². The Kier molecular flexibility index (Phi) is 5.89. The number of pyridine rings is 1. The van der Waals surface area contributed by atoms with E-state index in [0.29, 0.717) is 11.6 Å². The van der Waals surface area contributed by atoms with Gasteiger partial charge in [-0.1, -0.05) is 35.9 Å². The maximum Gasteiger partial charge on any atom is 0.278 e. The number of H-pyrrole nitrogens is 1. The number of halogens is 1. The Morgan fingerprint density at radius 1 is 1.24 bits per heavy atom. The molecule has 25 heavy (non-hydrogen) atoms. The second kappa shape index (κ2) is 8.32. The van der Waals surface area contributed by atoms with Gasteiger partial charge in [-0.2, -0.15) is 0 Å². The molecular formula is C19H25ClN4O+2. The van der Waals surface area contributed by atoms with E-state index in [2.05, 4.69) is 21.3 Å². The Labute approximate surface area is 153 Å². The number of carbonyl (C=O) groups excluding carboxylic acids is 1. The first kappa shape index (κ1) is 17.7. The second-order valence-electron chi connectivity index (χ2n) is 6.42. The number of anilines is 1. The lowest BCUT2D eigenvalue weighted by molar-refractivity contribution is -0.914. The summed E-state index contributed by atoms with van der Waals surface area (Å²) in [5.41, 5.74) is 0.948. The van der Waals surface area contributed by atoms with Crippen molar-refractivity contribution in [1.82, 2.24) is 5.32 Å². The summed E-state index contributed by atoms with van der Waals surface area (Å²) < 4.78 is 0. The molecule has 6 heteroatoms. The minimum atomic E-state index is -0.0654. The van der Waals surface area contributed by atoms with E-state index in [-0.39, 0.29) is 11.9 Å². The van der Waals surface area contributed by atoms with Gasteiger partial charge < -0.3 is 10.2 Å². The first-order valence-electron chi connectivity index (χ1n) is 8.72. The monoisotopic (exact) mass is 360 g/mol. The fraction of sp³-hybridized carbons (Fsp3) is 0.368. The van der Waals surface area contributed by atoms with Gasteiger partial charge in [0, 0.05) is 17.6 Å². The van der Waals surface area contributed by atoms with Crippen LogP contribution in [0.15, 0.2) is 48.7 Å². The fourth-order valence-electron chi connectivity index (χ4n) is 3.21. The van der Waals surface area contributed by atoms with Gasteiger partial charge in [0.1, 0.15) is 26.2 Å². The molecule has 1 atom stereocenters. The van der Waals surface area contributed by atoms with Crippen molar-refractivity contribution in [2.45, 2.75) is 19.5 Å². The highest BCUT2D eigenvalue weighted by Gasteiger charge is 2.32. The number of hydrogen-bond donors (Lipinski definition) is 2. The maximum absolute atomic E-state index is 12.5. The van der Waals surface area contributed by atoms with Crippen LogP contribution < -0.4 is 20.1 Å². The van der Waals surface area contributed by atoms with Gasteiger partial charge >= 0.3 is 0 Å². The molecule has 2 aromatic rings. The van der Waals surface area contributed by atoms with Crippen LogP contribution in [0.2, 0.25) is 5.02 Å². The first-order chi connectivity index (χ1) is 12.1. The SMILES string of the molecule is C[C@H](C(=O)NCc1ccccc1Cl)[NH+]1CCN(c2cccc[nH+]2)CC1. The molecule has 132 valence electrons. The van der Waals surface area contributed by atoms with Crippen molar-refractivity contribution in [2.75, 3.05) is 31.1 Å². The lowest BCUT2D eigenvalue weighted by atomic mass is 10.2. The van der Waals surface area contributed by atoms with Gasteiger partial charge in [-0.05, 0) is 24.6 Å². The van der Waals surface area contributed by atoms with E-state index in [1.165, 1.54) is 4.90 Å². The molecule has 5 nitrogen and oxygen atoms in total. The number of aromatic amines is 1. The van der Waals surface area contributed by atoms with Gasteiger partial charge in [0.2, 0.25) is 0 Å². The Bertz CT molecular complexity index is 702. The summed E-state index contributed by atoms with van der Waals surface area (Å²) in [5.74, 6) is 1.21.